The van der Waals surface area contributed by atoms with Crippen molar-refractivity contribution in [2.75, 3.05) is 19.0 Å². The van der Waals surface area contributed by atoms with Crippen molar-refractivity contribution in [1.29, 1.82) is 0 Å². The Morgan fingerprint density at radius 2 is 1.93 bits per heavy atom. The summed E-state index contributed by atoms with van der Waals surface area (Å²) in [6, 6.07) is 14.9. The molecular weight excluding hydrogens is 368 g/mol. The van der Waals surface area contributed by atoms with Gasteiger partial charge in [0.15, 0.2) is 0 Å². The van der Waals surface area contributed by atoms with E-state index >= 15 is 0 Å². The maximum Gasteiger partial charge on any atom is 0.108 e. The highest BCUT2D eigenvalue weighted by molar-refractivity contribution is 6.30. The fourth-order valence-electron chi connectivity index (χ4n) is 4.63. The average Bonchev–Trinajstić information content (AvgIpc) is 2.71. The summed E-state index contributed by atoms with van der Waals surface area (Å²) in [7, 11) is 1.75. The van der Waals surface area contributed by atoms with Gasteiger partial charge in [0.2, 0.25) is 0 Å². The SMILES string of the molecule is COCCc1ccc2c(c1)NC(=NCc1cccc(Cl)c1)C1(CCCCC1)C2. The van der Waals surface area contributed by atoms with Crippen LogP contribution in [0, 0.1) is 5.41 Å². The van der Waals surface area contributed by atoms with Gasteiger partial charge in [-0.3, -0.25) is 4.99 Å². The van der Waals surface area contributed by atoms with Crippen molar-refractivity contribution < 1.29 is 4.74 Å². The van der Waals surface area contributed by atoms with Gasteiger partial charge in [0.05, 0.1) is 13.2 Å². The number of benzene rings is 2. The van der Waals surface area contributed by atoms with Crippen molar-refractivity contribution in [2.45, 2.75) is 51.5 Å². The summed E-state index contributed by atoms with van der Waals surface area (Å²) in [6.07, 6.45) is 8.39. The lowest BCUT2D eigenvalue weighted by atomic mass is 9.67. The molecule has 4 heteroatoms. The third kappa shape index (κ3) is 4.26. The number of methoxy groups -OCH3 is 1. The standard InChI is InChI=1S/C24H29ClN2O/c1-28-13-10-18-8-9-20-16-24(11-3-2-4-12-24)23(27-22(20)15-18)26-17-19-6-5-7-21(25)14-19/h5-9,14-15H,2-4,10-13,16-17H2,1H3,(H,26,27). The van der Waals surface area contributed by atoms with Gasteiger partial charge < -0.3 is 10.1 Å². The molecule has 1 aliphatic heterocycles. The number of anilines is 1. The molecular formula is C24H29ClN2O. The van der Waals surface area contributed by atoms with E-state index < -0.39 is 0 Å². The van der Waals surface area contributed by atoms with E-state index in [0.29, 0.717) is 6.54 Å². The first-order chi connectivity index (χ1) is 13.7. The third-order valence-electron chi connectivity index (χ3n) is 6.17. The Morgan fingerprint density at radius 1 is 1.07 bits per heavy atom. The van der Waals surface area contributed by atoms with Crippen molar-refractivity contribution in [1.82, 2.24) is 0 Å². The minimum atomic E-state index is 0.165. The number of nitrogens with one attached hydrogen (secondary N) is 1. The second-order valence-corrected chi connectivity index (χ2v) is 8.61. The maximum atomic E-state index is 6.16. The smallest absolute Gasteiger partial charge is 0.108 e. The van der Waals surface area contributed by atoms with Crippen LogP contribution in [0.4, 0.5) is 5.69 Å². The summed E-state index contributed by atoms with van der Waals surface area (Å²) >= 11 is 6.16. The van der Waals surface area contributed by atoms with Crippen LogP contribution in [0.25, 0.3) is 0 Å². The number of nitrogens with zero attached hydrogens (tertiary/aromatic N) is 1. The summed E-state index contributed by atoms with van der Waals surface area (Å²) in [4.78, 5) is 5.08. The first-order valence-corrected chi connectivity index (χ1v) is 10.7. The monoisotopic (exact) mass is 396 g/mol. The topological polar surface area (TPSA) is 33.6 Å². The predicted octanol–water partition coefficient (Wildman–Crippen LogP) is 6.05. The van der Waals surface area contributed by atoms with Gasteiger partial charge >= 0.3 is 0 Å². The van der Waals surface area contributed by atoms with Crippen LogP contribution in [0.2, 0.25) is 5.02 Å². The number of hydrogen-bond donors (Lipinski definition) is 1. The van der Waals surface area contributed by atoms with Crippen LogP contribution in [0.15, 0.2) is 47.5 Å². The van der Waals surface area contributed by atoms with Gasteiger partial charge in [-0.15, -0.1) is 0 Å². The Bertz CT molecular complexity index is 855. The van der Waals surface area contributed by atoms with Crippen molar-refractivity contribution in [3.8, 4) is 0 Å². The molecule has 1 N–H and O–H groups in total. The molecule has 1 aliphatic carbocycles. The number of hydrogen-bond acceptors (Lipinski definition) is 2. The van der Waals surface area contributed by atoms with Gasteiger partial charge in [0.1, 0.15) is 5.84 Å². The summed E-state index contributed by atoms with van der Waals surface area (Å²) in [5, 5.41) is 4.51. The van der Waals surface area contributed by atoms with Gasteiger partial charge in [-0.2, -0.15) is 0 Å². The summed E-state index contributed by atoms with van der Waals surface area (Å²) < 4.78 is 5.24. The maximum absolute atomic E-state index is 6.16. The Balaban J connectivity index is 1.63. The molecule has 0 atom stereocenters. The Morgan fingerprint density at radius 3 is 2.71 bits per heavy atom. The first kappa shape index (κ1) is 19.5. The summed E-state index contributed by atoms with van der Waals surface area (Å²) in [5.41, 5.74) is 5.27. The van der Waals surface area contributed by atoms with E-state index in [0.717, 1.165) is 30.0 Å². The molecule has 0 saturated heterocycles. The highest BCUT2D eigenvalue weighted by atomic mass is 35.5. The molecule has 2 aliphatic rings. The Kier molecular flexibility index (Phi) is 6.03. The van der Waals surface area contributed by atoms with E-state index in [9.17, 15) is 0 Å². The molecule has 1 fully saturated rings. The number of halogens is 1. The molecule has 0 amide bonds. The predicted molar refractivity (Wildman–Crippen MR) is 117 cm³/mol. The van der Waals surface area contributed by atoms with E-state index in [4.69, 9.17) is 21.3 Å². The number of ether oxygens (including phenoxy) is 1. The average molecular weight is 397 g/mol. The number of rotatable bonds is 5. The van der Waals surface area contributed by atoms with Gasteiger partial charge in [-0.25, -0.2) is 0 Å². The number of amidine groups is 1. The van der Waals surface area contributed by atoms with Crippen LogP contribution in [0.1, 0.15) is 48.8 Å². The van der Waals surface area contributed by atoms with Crippen LogP contribution < -0.4 is 5.32 Å². The van der Waals surface area contributed by atoms with Crippen LogP contribution in [-0.4, -0.2) is 19.6 Å². The van der Waals surface area contributed by atoms with Crippen LogP contribution in [-0.2, 0) is 24.1 Å². The quantitative estimate of drug-likeness (QED) is 0.667. The molecule has 1 spiro atoms. The molecule has 0 bridgehead atoms. The molecule has 0 unspecified atom stereocenters. The molecule has 2 aromatic rings. The molecule has 1 saturated carbocycles. The van der Waals surface area contributed by atoms with E-state index in [2.05, 4.69) is 29.6 Å². The Hall–Kier alpha value is -1.84. The largest absolute Gasteiger partial charge is 0.384 e. The fourth-order valence-corrected chi connectivity index (χ4v) is 4.85. The van der Waals surface area contributed by atoms with Crippen LogP contribution >= 0.6 is 11.6 Å². The second kappa shape index (κ2) is 8.67. The van der Waals surface area contributed by atoms with E-state index in [1.807, 2.05) is 18.2 Å². The molecule has 3 nitrogen and oxygen atoms in total. The van der Waals surface area contributed by atoms with E-state index in [1.54, 1.807) is 7.11 Å². The molecule has 0 aromatic heterocycles. The van der Waals surface area contributed by atoms with Gasteiger partial charge in [-0.1, -0.05) is 55.1 Å². The van der Waals surface area contributed by atoms with E-state index in [-0.39, 0.29) is 5.41 Å². The molecule has 4 rings (SSSR count). The van der Waals surface area contributed by atoms with Gasteiger partial charge in [0.25, 0.3) is 0 Å². The highest BCUT2D eigenvalue weighted by Gasteiger charge is 2.41. The minimum Gasteiger partial charge on any atom is -0.384 e. The zero-order chi connectivity index (χ0) is 19.4. The lowest BCUT2D eigenvalue weighted by Gasteiger charge is -2.43. The second-order valence-electron chi connectivity index (χ2n) is 8.17. The molecule has 148 valence electrons. The zero-order valence-corrected chi connectivity index (χ0v) is 17.4. The molecule has 28 heavy (non-hydrogen) atoms. The number of fused-ring (bicyclic) bond motifs is 1. The lowest BCUT2D eigenvalue weighted by Crippen LogP contribution is -2.43. The van der Waals surface area contributed by atoms with Gasteiger partial charge in [0, 0.05) is 23.2 Å². The molecule has 2 aromatic carbocycles. The van der Waals surface area contributed by atoms with E-state index in [1.165, 1.54) is 54.8 Å². The minimum absolute atomic E-state index is 0.165. The zero-order valence-electron chi connectivity index (χ0n) is 16.6. The Labute approximate surface area is 173 Å². The van der Waals surface area contributed by atoms with Gasteiger partial charge in [-0.05, 0) is 60.6 Å². The molecule has 0 radical (unpaired) electrons. The van der Waals surface area contributed by atoms with Crippen molar-refractivity contribution in [2.24, 2.45) is 10.4 Å². The lowest BCUT2D eigenvalue weighted by molar-refractivity contribution is 0.202. The van der Waals surface area contributed by atoms with Crippen LogP contribution in [0.5, 0.6) is 0 Å². The summed E-state index contributed by atoms with van der Waals surface area (Å²) in [5.74, 6) is 1.17. The van der Waals surface area contributed by atoms with Crippen molar-refractivity contribution in [3.05, 3.63) is 64.2 Å². The number of aliphatic imine (C=N–C) groups is 1. The third-order valence-corrected chi connectivity index (χ3v) is 6.41. The summed E-state index contributed by atoms with van der Waals surface area (Å²) in [6.45, 7) is 1.42. The fraction of sp³-hybridized carbons (Fsp3) is 0.458. The first-order valence-electron chi connectivity index (χ1n) is 10.4. The highest BCUT2D eigenvalue weighted by Crippen LogP contribution is 2.45. The van der Waals surface area contributed by atoms with Crippen LogP contribution in [0.3, 0.4) is 0 Å². The van der Waals surface area contributed by atoms with Crippen molar-refractivity contribution in [3.63, 3.8) is 0 Å². The van der Waals surface area contributed by atoms with Crippen molar-refractivity contribution >= 4 is 23.1 Å². The normalized spacial score (nSPS) is 19.4. The molecule has 1 heterocycles.